The second-order valence-electron chi connectivity index (χ2n) is 4.31. The second-order valence-corrected chi connectivity index (χ2v) is 4.31. The maximum Gasteiger partial charge on any atom is 0.255 e. The maximum absolute atomic E-state index is 12.2. The fraction of sp³-hybridized carbons (Fsp3) is 0.467. The minimum atomic E-state index is -0.0839. The molecule has 20 heavy (non-hydrogen) atoms. The molecule has 5 heteroatoms. The number of hydrogen-bond donors (Lipinski definition) is 1. The van der Waals surface area contributed by atoms with Crippen molar-refractivity contribution >= 4 is 5.91 Å². The van der Waals surface area contributed by atoms with Crippen LogP contribution in [-0.2, 0) is 4.74 Å². The first-order chi connectivity index (χ1) is 9.69. The lowest BCUT2D eigenvalue weighted by atomic mass is 10.2. The first-order valence-corrected chi connectivity index (χ1v) is 6.48. The van der Waals surface area contributed by atoms with Gasteiger partial charge < -0.3 is 14.7 Å². The molecular formula is C15H20N2O3. The summed E-state index contributed by atoms with van der Waals surface area (Å²) in [5, 5.41) is 8.67. The van der Waals surface area contributed by atoms with E-state index >= 15 is 0 Å². The van der Waals surface area contributed by atoms with E-state index in [2.05, 4.69) is 16.8 Å². The second kappa shape index (κ2) is 9.08. The van der Waals surface area contributed by atoms with E-state index in [0.29, 0.717) is 30.7 Å². The van der Waals surface area contributed by atoms with Gasteiger partial charge in [-0.15, -0.1) is 0 Å². The van der Waals surface area contributed by atoms with Crippen LogP contribution in [0.3, 0.4) is 0 Å². The van der Waals surface area contributed by atoms with Crippen molar-refractivity contribution in [3.63, 3.8) is 0 Å². The van der Waals surface area contributed by atoms with Crippen LogP contribution in [0.4, 0.5) is 0 Å². The molecule has 0 saturated heterocycles. The van der Waals surface area contributed by atoms with Crippen LogP contribution >= 0.6 is 0 Å². The molecule has 0 saturated carbocycles. The van der Waals surface area contributed by atoms with Gasteiger partial charge in [0.15, 0.2) is 0 Å². The molecule has 108 valence electrons. The zero-order valence-electron chi connectivity index (χ0n) is 11.9. The normalized spacial score (nSPS) is 9.75. The average Bonchev–Trinajstić information content (AvgIpc) is 2.47. The van der Waals surface area contributed by atoms with Crippen molar-refractivity contribution in [1.82, 2.24) is 9.88 Å². The number of rotatable bonds is 6. The van der Waals surface area contributed by atoms with Crippen LogP contribution in [0.15, 0.2) is 18.5 Å². The molecule has 0 aromatic carbocycles. The Balaban J connectivity index is 2.68. The van der Waals surface area contributed by atoms with E-state index in [1.54, 1.807) is 31.3 Å². The molecule has 0 atom stereocenters. The molecule has 1 aromatic rings. The van der Waals surface area contributed by atoms with Crippen LogP contribution in [0.5, 0.6) is 0 Å². The summed E-state index contributed by atoms with van der Waals surface area (Å²) in [7, 11) is 3.39. The van der Waals surface area contributed by atoms with E-state index in [0.717, 1.165) is 6.42 Å². The van der Waals surface area contributed by atoms with Gasteiger partial charge in [0.25, 0.3) is 5.91 Å². The van der Waals surface area contributed by atoms with Crippen LogP contribution < -0.4 is 0 Å². The number of amides is 1. The lowest BCUT2D eigenvalue weighted by molar-refractivity contribution is 0.0779. The smallest absolute Gasteiger partial charge is 0.255 e. The molecule has 0 aliphatic heterocycles. The number of nitrogens with zero attached hydrogens (tertiary/aromatic N) is 2. The summed E-state index contributed by atoms with van der Waals surface area (Å²) in [4.78, 5) is 17.8. The maximum atomic E-state index is 12.2. The SMILES string of the molecule is COCCCN(C)C(=O)c1cncc(C#CCCO)c1. The van der Waals surface area contributed by atoms with E-state index in [1.807, 2.05) is 0 Å². The number of methoxy groups -OCH3 is 1. The number of aliphatic hydroxyl groups is 1. The Hall–Kier alpha value is -1.90. The zero-order valence-corrected chi connectivity index (χ0v) is 11.9. The minimum absolute atomic E-state index is 0.0291. The van der Waals surface area contributed by atoms with Crippen molar-refractivity contribution in [3.8, 4) is 11.8 Å². The Morgan fingerprint density at radius 2 is 2.30 bits per heavy atom. The Bertz CT molecular complexity index is 491. The van der Waals surface area contributed by atoms with Gasteiger partial charge in [-0.1, -0.05) is 11.8 Å². The largest absolute Gasteiger partial charge is 0.395 e. The molecule has 1 aromatic heterocycles. The van der Waals surface area contributed by atoms with Crippen molar-refractivity contribution in [3.05, 3.63) is 29.6 Å². The molecule has 0 radical (unpaired) electrons. The molecule has 0 unspecified atom stereocenters. The summed E-state index contributed by atoms with van der Waals surface area (Å²) in [6, 6.07) is 1.71. The standard InChI is InChI=1S/C15H20N2O3/c1-17(7-5-9-20-2)15(19)14-10-13(11-16-12-14)6-3-4-8-18/h10-12,18H,4-5,7-9H2,1-2H3. The Morgan fingerprint density at radius 1 is 1.50 bits per heavy atom. The fourth-order valence-corrected chi connectivity index (χ4v) is 1.61. The third-order valence-electron chi connectivity index (χ3n) is 2.64. The van der Waals surface area contributed by atoms with Gasteiger partial charge in [0.1, 0.15) is 0 Å². The van der Waals surface area contributed by atoms with E-state index < -0.39 is 0 Å². The van der Waals surface area contributed by atoms with Crippen molar-refractivity contribution in [2.24, 2.45) is 0 Å². The monoisotopic (exact) mass is 276 g/mol. The van der Waals surface area contributed by atoms with Gasteiger partial charge in [-0.25, -0.2) is 0 Å². The molecule has 1 N–H and O–H groups in total. The summed E-state index contributed by atoms with van der Waals surface area (Å²) in [5.74, 6) is 5.59. The van der Waals surface area contributed by atoms with Gasteiger partial charge >= 0.3 is 0 Å². The van der Waals surface area contributed by atoms with E-state index in [9.17, 15) is 4.79 Å². The molecule has 1 amide bonds. The van der Waals surface area contributed by atoms with Gasteiger partial charge in [0.05, 0.1) is 12.2 Å². The number of aromatic nitrogens is 1. The van der Waals surface area contributed by atoms with Gasteiger partial charge in [-0.05, 0) is 12.5 Å². The van der Waals surface area contributed by atoms with Gasteiger partial charge in [-0.2, -0.15) is 0 Å². The molecule has 0 aliphatic rings. The van der Waals surface area contributed by atoms with Crippen LogP contribution in [0, 0.1) is 11.8 Å². The third kappa shape index (κ3) is 5.39. The molecule has 0 fully saturated rings. The number of carbonyl (C=O) groups excluding carboxylic acids is 1. The Kier molecular flexibility index (Phi) is 7.33. The van der Waals surface area contributed by atoms with Crippen molar-refractivity contribution in [2.75, 3.05) is 33.9 Å². The van der Waals surface area contributed by atoms with Crippen LogP contribution in [0.25, 0.3) is 0 Å². The molecule has 0 bridgehead atoms. The molecular weight excluding hydrogens is 256 g/mol. The zero-order chi connectivity index (χ0) is 14.8. The summed E-state index contributed by atoms with van der Waals surface area (Å²) in [6.07, 6.45) is 4.34. The third-order valence-corrected chi connectivity index (χ3v) is 2.64. The van der Waals surface area contributed by atoms with Crippen molar-refractivity contribution in [2.45, 2.75) is 12.8 Å². The first-order valence-electron chi connectivity index (χ1n) is 6.48. The van der Waals surface area contributed by atoms with Crippen LogP contribution in [-0.4, -0.2) is 54.8 Å². The Labute approximate surface area is 119 Å². The lowest BCUT2D eigenvalue weighted by Gasteiger charge is -2.16. The summed E-state index contributed by atoms with van der Waals surface area (Å²) in [6.45, 7) is 1.29. The minimum Gasteiger partial charge on any atom is -0.395 e. The molecule has 0 spiro atoms. The van der Waals surface area contributed by atoms with Gasteiger partial charge in [-0.3, -0.25) is 9.78 Å². The predicted molar refractivity (Wildman–Crippen MR) is 76.3 cm³/mol. The number of carbonyl (C=O) groups is 1. The molecule has 1 rings (SSSR count). The van der Waals surface area contributed by atoms with Crippen molar-refractivity contribution in [1.29, 1.82) is 0 Å². The highest BCUT2D eigenvalue weighted by Gasteiger charge is 2.11. The average molecular weight is 276 g/mol. The highest BCUT2D eigenvalue weighted by molar-refractivity contribution is 5.94. The number of hydrogen-bond acceptors (Lipinski definition) is 4. The van der Waals surface area contributed by atoms with Crippen LogP contribution in [0.2, 0.25) is 0 Å². The summed E-state index contributed by atoms with van der Waals surface area (Å²) < 4.78 is 4.96. The predicted octanol–water partition coefficient (Wildman–Crippen LogP) is 0.924. The summed E-state index contributed by atoms with van der Waals surface area (Å²) in [5.41, 5.74) is 1.19. The molecule has 0 aliphatic carbocycles. The number of pyridine rings is 1. The highest BCUT2D eigenvalue weighted by Crippen LogP contribution is 2.05. The van der Waals surface area contributed by atoms with Crippen LogP contribution in [0.1, 0.15) is 28.8 Å². The van der Waals surface area contributed by atoms with E-state index in [1.165, 1.54) is 6.20 Å². The number of aliphatic hydroxyl groups excluding tert-OH is 1. The molecule has 1 heterocycles. The van der Waals surface area contributed by atoms with E-state index in [-0.39, 0.29) is 12.5 Å². The lowest BCUT2D eigenvalue weighted by Crippen LogP contribution is -2.28. The van der Waals surface area contributed by atoms with Gasteiger partial charge in [0.2, 0.25) is 0 Å². The van der Waals surface area contributed by atoms with Gasteiger partial charge in [0, 0.05) is 51.7 Å². The number of ether oxygens (including phenoxy) is 1. The fourth-order valence-electron chi connectivity index (χ4n) is 1.61. The topological polar surface area (TPSA) is 62.7 Å². The summed E-state index contributed by atoms with van der Waals surface area (Å²) >= 11 is 0. The van der Waals surface area contributed by atoms with Crippen molar-refractivity contribution < 1.29 is 14.6 Å². The first kappa shape index (κ1) is 16.2. The Morgan fingerprint density at radius 3 is 3.00 bits per heavy atom. The quantitative estimate of drug-likeness (QED) is 0.620. The highest BCUT2D eigenvalue weighted by atomic mass is 16.5. The molecule has 5 nitrogen and oxygen atoms in total. The van der Waals surface area contributed by atoms with E-state index in [4.69, 9.17) is 9.84 Å².